The number of rotatable bonds is 1. The zero-order chi connectivity index (χ0) is 9.35. The van der Waals surface area contributed by atoms with Crippen LogP contribution in [0.25, 0.3) is 0 Å². The Morgan fingerprint density at radius 3 is 2.25 bits per heavy atom. The third-order valence-corrected chi connectivity index (χ3v) is 3.38. The van der Waals surface area contributed by atoms with E-state index in [4.69, 9.17) is 19.8 Å². The van der Waals surface area contributed by atoms with Gasteiger partial charge in [0.25, 0.3) is 0 Å². The molecule has 0 aromatic carbocycles. The largest absolute Gasteiger partial charge is 0.414 e. The van der Waals surface area contributed by atoms with Gasteiger partial charge in [0.2, 0.25) is 5.66 Å². The molecule has 70 valence electrons. The first-order chi connectivity index (χ1) is 5.41. The van der Waals surface area contributed by atoms with Crippen LogP contribution < -0.4 is 0 Å². The van der Waals surface area contributed by atoms with Gasteiger partial charge in [-0.2, -0.15) is 14.7 Å². The second-order valence-corrected chi connectivity index (χ2v) is 4.88. The van der Waals surface area contributed by atoms with Crippen molar-refractivity contribution >= 4 is 13.7 Å². The van der Waals surface area contributed by atoms with Crippen molar-refractivity contribution in [1.82, 2.24) is 0 Å². The van der Waals surface area contributed by atoms with Crippen molar-refractivity contribution in [3.05, 3.63) is 0 Å². The Bertz CT molecular complexity index is 187. The summed E-state index contributed by atoms with van der Waals surface area (Å²) in [7, 11) is -4.03. The third-order valence-electron chi connectivity index (χ3n) is 2.00. The Morgan fingerprint density at radius 1 is 1.25 bits per heavy atom. The lowest BCUT2D eigenvalue weighted by Crippen LogP contribution is -2.33. The molecule has 0 aromatic heterocycles. The van der Waals surface area contributed by atoms with E-state index < -0.39 is 25.5 Å². The van der Waals surface area contributed by atoms with Crippen LogP contribution in [0.1, 0.15) is 19.3 Å². The van der Waals surface area contributed by atoms with Crippen LogP contribution >= 0.6 is 7.94 Å². The quantitative estimate of drug-likeness (QED) is 0.411. The molecule has 12 heavy (non-hydrogen) atoms. The van der Waals surface area contributed by atoms with E-state index in [1.165, 1.54) is 0 Å². The molecule has 0 heterocycles. The number of carbonyl (C=O) groups is 1. The van der Waals surface area contributed by atoms with E-state index >= 15 is 0 Å². The molecule has 0 aromatic rings. The highest BCUT2D eigenvalue weighted by molar-refractivity contribution is 7.60. The molecule has 0 aliphatic heterocycles. The van der Waals surface area contributed by atoms with Crippen LogP contribution in [-0.2, 0) is 4.79 Å². The van der Waals surface area contributed by atoms with Crippen molar-refractivity contribution in [2.24, 2.45) is 0 Å². The lowest BCUT2D eigenvalue weighted by atomic mass is 9.96. The van der Waals surface area contributed by atoms with Gasteiger partial charge < -0.3 is 5.11 Å². The van der Waals surface area contributed by atoms with Crippen LogP contribution in [0.5, 0.6) is 0 Å². The summed E-state index contributed by atoms with van der Waals surface area (Å²) in [5, 5.41) is 9.01. The van der Waals surface area contributed by atoms with Crippen molar-refractivity contribution < 1.29 is 24.6 Å². The summed E-state index contributed by atoms with van der Waals surface area (Å²) in [5.41, 5.74) is -1.07. The van der Waals surface area contributed by atoms with Crippen LogP contribution in [0.4, 0.5) is 0 Å². The molecule has 0 radical (unpaired) electrons. The number of aliphatic hydroxyl groups excluding tert-OH is 1. The summed E-state index contributed by atoms with van der Waals surface area (Å²) < 4.78 is 0. The van der Waals surface area contributed by atoms with Gasteiger partial charge in [0.15, 0.2) is 5.78 Å². The molecule has 1 aliphatic carbocycles. The number of hydrogen-bond donors (Lipinski definition) is 4. The maximum Gasteiger partial charge on any atom is 0.414 e. The van der Waals surface area contributed by atoms with Gasteiger partial charge in [0, 0.05) is 12.8 Å². The number of hydrogen-bond acceptors (Lipinski definition) is 5. The number of ketones is 1. The maximum absolute atomic E-state index is 11.0. The molecule has 1 aliphatic rings. The highest BCUT2D eigenvalue weighted by Gasteiger charge is 2.49. The monoisotopic (exact) mass is 195 g/mol. The molecular formula is C6H12O5P+. The van der Waals surface area contributed by atoms with Crippen molar-refractivity contribution in [2.75, 3.05) is 0 Å². The molecule has 1 fully saturated rings. The average Bonchev–Trinajstić information content (AvgIpc) is 1.83. The standard InChI is InChI=1S/C6H12O5P/c7-4-1-2-6(5(8)3-4)12(9,10)11/h4,6-7,9-11H,1-3H2/q+1/t4-,6-/m0/s1. The third kappa shape index (κ3) is 2.21. The molecule has 1 saturated carbocycles. The number of Topliss-reactive ketones (excluding diaryl/α,β-unsaturated/α-hetero) is 1. The van der Waals surface area contributed by atoms with Crippen molar-refractivity contribution in [2.45, 2.75) is 31.0 Å². The van der Waals surface area contributed by atoms with Gasteiger partial charge in [-0.3, -0.25) is 4.79 Å². The second kappa shape index (κ2) is 3.36. The molecule has 4 N–H and O–H groups in total. The van der Waals surface area contributed by atoms with Crippen LogP contribution in [-0.4, -0.2) is 37.3 Å². The summed E-state index contributed by atoms with van der Waals surface area (Å²) in [6.07, 6.45) is -0.300. The highest BCUT2D eigenvalue weighted by atomic mass is 31.2. The summed E-state index contributed by atoms with van der Waals surface area (Å²) in [4.78, 5) is 37.5. The zero-order valence-corrected chi connectivity index (χ0v) is 7.31. The molecule has 0 spiro atoms. The van der Waals surface area contributed by atoms with Gasteiger partial charge in [-0.15, -0.1) is 0 Å². The first kappa shape index (κ1) is 10.0. The molecule has 1 rings (SSSR count). The van der Waals surface area contributed by atoms with E-state index in [1.807, 2.05) is 0 Å². The normalized spacial score (nSPS) is 32.2. The van der Waals surface area contributed by atoms with Crippen molar-refractivity contribution in [1.29, 1.82) is 0 Å². The topological polar surface area (TPSA) is 98.0 Å². The minimum Gasteiger partial charge on any atom is -0.393 e. The Hall–Kier alpha value is -0.0600. The van der Waals surface area contributed by atoms with E-state index in [-0.39, 0.29) is 12.8 Å². The number of carbonyl (C=O) groups excluding carboxylic acids is 1. The van der Waals surface area contributed by atoms with Gasteiger partial charge in [-0.05, 0) is 6.42 Å². The molecular weight excluding hydrogens is 183 g/mol. The summed E-state index contributed by atoms with van der Waals surface area (Å²) in [6, 6.07) is 0. The first-order valence-electron chi connectivity index (χ1n) is 3.69. The minimum atomic E-state index is -4.03. The lowest BCUT2D eigenvalue weighted by molar-refractivity contribution is -0.123. The minimum absolute atomic E-state index is 0.0892. The Kier molecular flexibility index (Phi) is 2.81. The van der Waals surface area contributed by atoms with Crippen LogP contribution in [0.3, 0.4) is 0 Å². The highest BCUT2D eigenvalue weighted by Crippen LogP contribution is 2.53. The Labute approximate surface area is 70.2 Å². The van der Waals surface area contributed by atoms with Gasteiger partial charge in [-0.25, -0.2) is 0 Å². The lowest BCUT2D eigenvalue weighted by Gasteiger charge is -2.23. The molecule has 0 bridgehead atoms. The molecule has 5 nitrogen and oxygen atoms in total. The molecule has 0 amide bonds. The Balaban J connectivity index is 2.63. The summed E-state index contributed by atoms with van der Waals surface area (Å²) >= 11 is 0. The van der Waals surface area contributed by atoms with Crippen molar-refractivity contribution in [3.8, 4) is 0 Å². The van der Waals surface area contributed by atoms with Crippen LogP contribution in [0, 0.1) is 0 Å². The predicted octanol–water partition coefficient (Wildman–Crippen LogP) is -0.792. The van der Waals surface area contributed by atoms with Crippen molar-refractivity contribution in [3.63, 3.8) is 0 Å². The van der Waals surface area contributed by atoms with E-state index in [9.17, 15) is 4.79 Å². The SMILES string of the molecule is O=C1C[C@@H](O)CC[C@@H]1[P+](O)(O)O. The van der Waals surface area contributed by atoms with Gasteiger partial charge in [0.1, 0.15) is 0 Å². The maximum atomic E-state index is 11.0. The van der Waals surface area contributed by atoms with E-state index in [1.54, 1.807) is 0 Å². The van der Waals surface area contributed by atoms with Gasteiger partial charge in [-0.1, -0.05) is 0 Å². The van der Waals surface area contributed by atoms with E-state index in [0.29, 0.717) is 6.42 Å². The fourth-order valence-electron chi connectivity index (χ4n) is 1.35. The fourth-order valence-corrected chi connectivity index (χ4v) is 2.34. The van der Waals surface area contributed by atoms with Crippen LogP contribution in [0.2, 0.25) is 0 Å². The van der Waals surface area contributed by atoms with Gasteiger partial charge >= 0.3 is 7.94 Å². The molecule has 6 heteroatoms. The predicted molar refractivity (Wildman–Crippen MR) is 42.2 cm³/mol. The molecule has 0 unspecified atom stereocenters. The summed E-state index contributed by atoms with van der Waals surface area (Å²) in [6.45, 7) is 0. The number of aliphatic hydroxyl groups is 1. The molecule has 2 atom stereocenters. The Morgan fingerprint density at radius 2 is 1.83 bits per heavy atom. The molecule has 0 saturated heterocycles. The van der Waals surface area contributed by atoms with E-state index in [2.05, 4.69) is 0 Å². The second-order valence-electron chi connectivity index (χ2n) is 3.03. The summed E-state index contributed by atoms with van der Waals surface area (Å²) in [5.74, 6) is -0.463. The smallest absolute Gasteiger partial charge is 0.393 e. The average molecular weight is 195 g/mol. The zero-order valence-electron chi connectivity index (χ0n) is 6.42. The van der Waals surface area contributed by atoms with Crippen LogP contribution in [0.15, 0.2) is 0 Å². The van der Waals surface area contributed by atoms with E-state index in [0.717, 1.165) is 0 Å². The fraction of sp³-hybridized carbons (Fsp3) is 0.833. The van der Waals surface area contributed by atoms with Gasteiger partial charge in [0.05, 0.1) is 6.10 Å². The first-order valence-corrected chi connectivity index (χ1v) is 5.40.